The lowest BCUT2D eigenvalue weighted by molar-refractivity contribution is -0.266. The normalized spacial score (nSPS) is 20.1. The highest BCUT2D eigenvalue weighted by Crippen LogP contribution is 2.46. The number of carbonyl (C=O) groups excluding carboxylic acids is 2. The Morgan fingerprint density at radius 1 is 1.46 bits per heavy atom. The Hall–Kier alpha value is -2.12. The van der Waals surface area contributed by atoms with E-state index in [0.717, 1.165) is 6.26 Å². The van der Waals surface area contributed by atoms with Crippen LogP contribution >= 0.6 is 0 Å². The van der Waals surface area contributed by atoms with Gasteiger partial charge in [0.25, 0.3) is 15.7 Å². The molecule has 158 valence electrons. The molecular formula is C15H18F3NO8S. The smallest absolute Gasteiger partial charge is 0.432 e. The molecule has 2 heterocycles. The van der Waals surface area contributed by atoms with Crippen molar-refractivity contribution in [3.63, 3.8) is 0 Å². The van der Waals surface area contributed by atoms with Crippen molar-refractivity contribution in [1.29, 1.82) is 0 Å². The first-order chi connectivity index (χ1) is 12.8. The van der Waals surface area contributed by atoms with Gasteiger partial charge in [0.1, 0.15) is 0 Å². The third-order valence-corrected chi connectivity index (χ3v) is 4.81. The van der Waals surface area contributed by atoms with Gasteiger partial charge >= 0.3 is 12.1 Å². The molecule has 1 N–H and O–H groups in total. The Morgan fingerprint density at radius 2 is 2.11 bits per heavy atom. The van der Waals surface area contributed by atoms with Crippen molar-refractivity contribution in [3.8, 4) is 0 Å². The Bertz CT molecular complexity index is 850. The number of esters is 1. The standard InChI is InChI=1S/C15H18F3NO8S/c1-25-13(21)14(22,15(16,17)18)11-6-10(7-20)27-12(11)19-5-3-4-9(19)8-26-28(2,23)24/h6-7,9,22H,3-5,8H2,1-2H3/t9-,14?/m0/s1. The van der Waals surface area contributed by atoms with Gasteiger partial charge in [0, 0.05) is 6.54 Å². The second-order valence-corrected chi connectivity index (χ2v) is 7.81. The number of halogens is 3. The minimum atomic E-state index is -5.49. The molecule has 0 radical (unpaired) electrons. The molecule has 1 aromatic heterocycles. The number of methoxy groups -OCH3 is 1. The number of carbonyl (C=O) groups is 2. The molecule has 1 fully saturated rings. The molecule has 13 heteroatoms. The molecule has 0 aliphatic carbocycles. The summed E-state index contributed by atoms with van der Waals surface area (Å²) in [6, 6.07) is -0.131. The van der Waals surface area contributed by atoms with Gasteiger partial charge in [-0.1, -0.05) is 0 Å². The maximum absolute atomic E-state index is 13.6. The van der Waals surface area contributed by atoms with Crippen molar-refractivity contribution >= 4 is 28.3 Å². The van der Waals surface area contributed by atoms with Crippen molar-refractivity contribution in [3.05, 3.63) is 17.4 Å². The average molecular weight is 429 g/mol. The molecule has 9 nitrogen and oxygen atoms in total. The molecule has 1 aliphatic rings. The van der Waals surface area contributed by atoms with Crippen molar-refractivity contribution in [2.75, 3.05) is 31.4 Å². The number of nitrogens with zero attached hydrogens (tertiary/aromatic N) is 1. The molecule has 1 aromatic rings. The third kappa shape index (κ3) is 4.15. The SMILES string of the molecule is COC(=O)C(O)(c1cc(C=O)oc1N1CCC[C@H]1COS(C)(=O)=O)C(F)(F)F. The van der Waals surface area contributed by atoms with Gasteiger partial charge in [0.05, 0.1) is 31.6 Å². The van der Waals surface area contributed by atoms with E-state index in [-0.39, 0.29) is 12.8 Å². The van der Waals surface area contributed by atoms with Gasteiger partial charge in [0.15, 0.2) is 12.0 Å². The first-order valence-electron chi connectivity index (χ1n) is 7.93. The van der Waals surface area contributed by atoms with Crippen molar-refractivity contribution < 1.29 is 49.6 Å². The number of ether oxygens (including phenoxy) is 1. The molecule has 0 saturated carbocycles. The minimum Gasteiger partial charge on any atom is -0.466 e. The lowest BCUT2D eigenvalue weighted by atomic mass is 9.94. The predicted molar refractivity (Wildman–Crippen MR) is 87.2 cm³/mol. The van der Waals surface area contributed by atoms with E-state index in [9.17, 15) is 36.3 Å². The van der Waals surface area contributed by atoms with Crippen LogP contribution in [0.3, 0.4) is 0 Å². The number of hydrogen-bond donors (Lipinski definition) is 1. The highest BCUT2D eigenvalue weighted by Gasteiger charge is 2.64. The summed E-state index contributed by atoms with van der Waals surface area (Å²) >= 11 is 0. The van der Waals surface area contributed by atoms with Crippen molar-refractivity contribution in [2.24, 2.45) is 0 Å². The maximum atomic E-state index is 13.6. The first kappa shape index (κ1) is 22.2. The Balaban J connectivity index is 2.55. The van der Waals surface area contributed by atoms with Crippen molar-refractivity contribution in [1.82, 2.24) is 0 Å². The lowest BCUT2D eigenvalue weighted by Gasteiger charge is -2.31. The summed E-state index contributed by atoms with van der Waals surface area (Å²) in [4.78, 5) is 24.1. The average Bonchev–Trinajstić information content (AvgIpc) is 3.22. The summed E-state index contributed by atoms with van der Waals surface area (Å²) in [6.45, 7) is -0.274. The van der Waals surface area contributed by atoms with Crippen LogP contribution in [-0.2, 0) is 29.4 Å². The summed E-state index contributed by atoms with van der Waals surface area (Å²) in [6.07, 6.45) is -3.78. The number of anilines is 1. The largest absolute Gasteiger partial charge is 0.466 e. The highest BCUT2D eigenvalue weighted by molar-refractivity contribution is 7.85. The highest BCUT2D eigenvalue weighted by atomic mass is 32.2. The zero-order valence-electron chi connectivity index (χ0n) is 14.9. The summed E-state index contributed by atoms with van der Waals surface area (Å²) in [5.41, 5.74) is -5.12. The molecule has 0 aromatic carbocycles. The topological polar surface area (TPSA) is 123 Å². The predicted octanol–water partition coefficient (Wildman–Crippen LogP) is 0.960. The number of alkyl halides is 3. The van der Waals surface area contributed by atoms with Gasteiger partial charge in [-0.15, -0.1) is 0 Å². The molecule has 1 saturated heterocycles. The van der Waals surface area contributed by atoms with Crippen LogP contribution in [0.5, 0.6) is 0 Å². The molecule has 2 atom stereocenters. The van der Waals surface area contributed by atoms with E-state index in [2.05, 4.69) is 4.74 Å². The van der Waals surface area contributed by atoms with E-state index in [1.807, 2.05) is 0 Å². The van der Waals surface area contributed by atoms with E-state index in [0.29, 0.717) is 26.0 Å². The molecule has 1 aliphatic heterocycles. The zero-order chi connectivity index (χ0) is 21.3. The van der Waals surface area contributed by atoms with Crippen LogP contribution in [0.15, 0.2) is 10.5 Å². The van der Waals surface area contributed by atoms with Crippen LogP contribution in [0.1, 0.15) is 29.0 Å². The number of rotatable bonds is 7. The maximum Gasteiger partial charge on any atom is 0.432 e. The van der Waals surface area contributed by atoms with Crippen LogP contribution in [0.2, 0.25) is 0 Å². The molecule has 1 unspecified atom stereocenters. The van der Waals surface area contributed by atoms with E-state index in [4.69, 9.17) is 8.60 Å². The summed E-state index contributed by atoms with van der Waals surface area (Å²) < 4.78 is 77.2. The summed E-state index contributed by atoms with van der Waals surface area (Å²) in [5.74, 6) is -3.17. The molecule has 2 rings (SSSR count). The minimum absolute atomic E-state index is 0.110. The van der Waals surface area contributed by atoms with Gasteiger partial charge in [-0.2, -0.15) is 21.6 Å². The zero-order valence-corrected chi connectivity index (χ0v) is 15.7. The van der Waals surface area contributed by atoms with E-state index in [1.54, 1.807) is 0 Å². The fourth-order valence-corrected chi connectivity index (χ4v) is 3.34. The molecule has 28 heavy (non-hydrogen) atoms. The van der Waals surface area contributed by atoms with Crippen LogP contribution < -0.4 is 4.90 Å². The molecule has 0 bridgehead atoms. The van der Waals surface area contributed by atoms with Crippen LogP contribution in [-0.4, -0.2) is 64.5 Å². The van der Waals surface area contributed by atoms with Crippen molar-refractivity contribution in [2.45, 2.75) is 30.7 Å². The lowest BCUT2D eigenvalue weighted by Crippen LogP contribution is -2.50. The molecule has 0 amide bonds. The quantitative estimate of drug-likeness (QED) is 0.383. The van der Waals surface area contributed by atoms with Gasteiger partial charge in [-0.25, -0.2) is 4.79 Å². The Kier molecular flexibility index (Phi) is 6.11. The second kappa shape index (κ2) is 7.72. The fourth-order valence-electron chi connectivity index (χ4n) is 2.94. The summed E-state index contributed by atoms with van der Waals surface area (Å²) in [7, 11) is -3.15. The van der Waals surface area contributed by atoms with E-state index >= 15 is 0 Å². The van der Waals surface area contributed by atoms with Crippen LogP contribution in [0.25, 0.3) is 0 Å². The van der Waals surface area contributed by atoms with Crippen LogP contribution in [0, 0.1) is 0 Å². The van der Waals surface area contributed by atoms with Gasteiger partial charge in [-0.05, 0) is 18.9 Å². The van der Waals surface area contributed by atoms with Gasteiger partial charge in [-0.3, -0.25) is 8.98 Å². The monoisotopic (exact) mass is 429 g/mol. The summed E-state index contributed by atoms with van der Waals surface area (Å²) in [5, 5.41) is 10.3. The Labute approximate surface area is 158 Å². The Morgan fingerprint density at radius 3 is 2.61 bits per heavy atom. The number of hydrogen-bond acceptors (Lipinski definition) is 9. The first-order valence-corrected chi connectivity index (χ1v) is 9.74. The van der Waals surface area contributed by atoms with E-state index in [1.165, 1.54) is 4.90 Å². The molecular weight excluding hydrogens is 411 g/mol. The fraction of sp³-hybridized carbons (Fsp3) is 0.600. The van der Waals surface area contributed by atoms with Gasteiger partial charge < -0.3 is 19.2 Å². The van der Waals surface area contributed by atoms with E-state index < -0.39 is 57.7 Å². The number of aliphatic hydroxyl groups is 1. The number of furan rings is 1. The molecule has 0 spiro atoms. The second-order valence-electron chi connectivity index (χ2n) is 6.16. The van der Waals surface area contributed by atoms with Gasteiger partial charge in [0.2, 0.25) is 5.88 Å². The van der Waals surface area contributed by atoms with Crippen LogP contribution in [0.4, 0.5) is 19.1 Å². The number of aldehydes is 1. The third-order valence-electron chi connectivity index (χ3n) is 4.24.